The van der Waals surface area contributed by atoms with Gasteiger partial charge in [-0.1, -0.05) is 45.8 Å². The molecule has 0 heterocycles. The number of halogens is 1. The maximum Gasteiger partial charge on any atom is 0.243 e. The Morgan fingerprint density at radius 1 is 0.964 bits per heavy atom. The van der Waals surface area contributed by atoms with E-state index in [2.05, 4.69) is 21.2 Å². The van der Waals surface area contributed by atoms with Crippen molar-refractivity contribution in [3.8, 4) is 0 Å². The Labute approximate surface area is 174 Å². The SMILES string of the molecule is Cc1cc(C)c(NC(=O)CN(C)C(=O)CCC(=O)c2ccc(Br)cc2)c(C)c1. The molecule has 2 amide bonds. The van der Waals surface area contributed by atoms with Crippen molar-refractivity contribution in [1.29, 1.82) is 0 Å². The normalized spacial score (nSPS) is 10.5. The molecule has 0 saturated heterocycles. The Morgan fingerprint density at radius 3 is 2.11 bits per heavy atom. The van der Waals surface area contributed by atoms with Crippen molar-refractivity contribution in [1.82, 2.24) is 4.90 Å². The predicted molar refractivity (Wildman–Crippen MR) is 115 cm³/mol. The average Bonchev–Trinajstić information content (AvgIpc) is 2.62. The Morgan fingerprint density at radius 2 is 1.54 bits per heavy atom. The number of carbonyl (C=O) groups is 3. The van der Waals surface area contributed by atoms with Crippen molar-refractivity contribution in [3.05, 3.63) is 63.1 Å². The molecule has 28 heavy (non-hydrogen) atoms. The third kappa shape index (κ3) is 6.02. The Bertz CT molecular complexity index is 868. The third-order valence-corrected chi connectivity index (χ3v) is 5.01. The van der Waals surface area contributed by atoms with Gasteiger partial charge in [0.25, 0.3) is 0 Å². The van der Waals surface area contributed by atoms with Crippen LogP contribution in [0.1, 0.15) is 39.9 Å². The molecule has 0 aliphatic rings. The molecule has 0 aliphatic carbocycles. The number of amides is 2. The summed E-state index contributed by atoms with van der Waals surface area (Å²) in [7, 11) is 1.57. The van der Waals surface area contributed by atoms with Gasteiger partial charge >= 0.3 is 0 Å². The first-order valence-corrected chi connectivity index (χ1v) is 9.87. The summed E-state index contributed by atoms with van der Waals surface area (Å²) >= 11 is 3.32. The van der Waals surface area contributed by atoms with Gasteiger partial charge < -0.3 is 10.2 Å². The summed E-state index contributed by atoms with van der Waals surface area (Å²) in [6, 6.07) is 11.0. The van der Waals surface area contributed by atoms with E-state index in [9.17, 15) is 14.4 Å². The van der Waals surface area contributed by atoms with Gasteiger partial charge in [-0.05, 0) is 44.0 Å². The van der Waals surface area contributed by atoms with E-state index in [1.165, 1.54) is 4.90 Å². The smallest absolute Gasteiger partial charge is 0.243 e. The van der Waals surface area contributed by atoms with Crippen LogP contribution in [0.4, 0.5) is 5.69 Å². The molecular formula is C22H25BrN2O3. The lowest BCUT2D eigenvalue weighted by Crippen LogP contribution is -2.35. The first-order chi connectivity index (χ1) is 13.2. The molecule has 2 aromatic carbocycles. The first-order valence-electron chi connectivity index (χ1n) is 9.08. The number of aryl methyl sites for hydroxylation is 3. The van der Waals surface area contributed by atoms with Crippen LogP contribution in [0.15, 0.2) is 40.9 Å². The van der Waals surface area contributed by atoms with E-state index in [0.29, 0.717) is 5.56 Å². The van der Waals surface area contributed by atoms with Crippen molar-refractivity contribution < 1.29 is 14.4 Å². The number of likely N-dealkylation sites (N-methyl/N-ethyl adjacent to an activating group) is 1. The monoisotopic (exact) mass is 444 g/mol. The zero-order valence-electron chi connectivity index (χ0n) is 16.6. The highest BCUT2D eigenvalue weighted by molar-refractivity contribution is 9.10. The van der Waals surface area contributed by atoms with Gasteiger partial charge in [0.2, 0.25) is 11.8 Å². The molecule has 0 aromatic heterocycles. The van der Waals surface area contributed by atoms with E-state index >= 15 is 0 Å². The highest BCUT2D eigenvalue weighted by atomic mass is 79.9. The number of carbonyl (C=O) groups excluding carboxylic acids is 3. The molecule has 0 spiro atoms. The number of hydrogen-bond donors (Lipinski definition) is 1. The number of hydrogen-bond acceptors (Lipinski definition) is 3. The van der Waals surface area contributed by atoms with Gasteiger partial charge in [0, 0.05) is 35.6 Å². The molecule has 0 aliphatic heterocycles. The van der Waals surface area contributed by atoms with E-state index < -0.39 is 0 Å². The minimum absolute atomic E-state index is 0.0575. The topological polar surface area (TPSA) is 66.5 Å². The van der Waals surface area contributed by atoms with Gasteiger partial charge in [-0.15, -0.1) is 0 Å². The molecule has 0 fully saturated rings. The zero-order chi connectivity index (χ0) is 20.8. The maximum atomic E-state index is 12.3. The van der Waals surface area contributed by atoms with Crippen molar-refractivity contribution in [2.45, 2.75) is 33.6 Å². The number of anilines is 1. The van der Waals surface area contributed by atoms with Gasteiger partial charge in [0.15, 0.2) is 5.78 Å². The molecule has 0 bridgehead atoms. The Balaban J connectivity index is 1.87. The van der Waals surface area contributed by atoms with Gasteiger partial charge in [-0.25, -0.2) is 0 Å². The molecule has 1 N–H and O–H groups in total. The van der Waals surface area contributed by atoms with Crippen LogP contribution in [0.25, 0.3) is 0 Å². The molecule has 148 valence electrons. The first kappa shape index (κ1) is 21.8. The lowest BCUT2D eigenvalue weighted by Gasteiger charge is -2.18. The number of Topliss-reactive ketones (excluding diaryl/α,β-unsaturated/α-hetero) is 1. The number of benzene rings is 2. The van der Waals surface area contributed by atoms with Gasteiger partial charge in [-0.2, -0.15) is 0 Å². The largest absolute Gasteiger partial charge is 0.336 e. The second kappa shape index (κ2) is 9.64. The van der Waals surface area contributed by atoms with E-state index in [4.69, 9.17) is 0 Å². The summed E-state index contributed by atoms with van der Waals surface area (Å²) in [5.74, 6) is -0.590. The van der Waals surface area contributed by atoms with Crippen molar-refractivity contribution in [2.75, 3.05) is 18.9 Å². The van der Waals surface area contributed by atoms with Crippen LogP contribution >= 0.6 is 15.9 Å². The van der Waals surface area contributed by atoms with E-state index in [-0.39, 0.29) is 37.0 Å². The van der Waals surface area contributed by atoms with Crippen molar-refractivity contribution in [3.63, 3.8) is 0 Å². The molecule has 2 rings (SSSR count). The molecule has 0 radical (unpaired) electrons. The summed E-state index contributed by atoms with van der Waals surface area (Å²) in [5, 5.41) is 2.88. The van der Waals surface area contributed by atoms with Gasteiger partial charge in [-0.3, -0.25) is 14.4 Å². The summed E-state index contributed by atoms with van der Waals surface area (Å²) in [6.07, 6.45) is 0.184. The Hall–Kier alpha value is -2.47. The Kier molecular flexibility index (Phi) is 7.52. The number of rotatable bonds is 7. The lowest BCUT2D eigenvalue weighted by molar-refractivity contribution is -0.133. The quantitative estimate of drug-likeness (QED) is 0.642. The number of nitrogens with one attached hydrogen (secondary N) is 1. The maximum absolute atomic E-state index is 12.3. The molecule has 5 nitrogen and oxygen atoms in total. The summed E-state index contributed by atoms with van der Waals surface area (Å²) in [5.41, 5.74) is 4.46. The fraction of sp³-hybridized carbons (Fsp3) is 0.318. The summed E-state index contributed by atoms with van der Waals surface area (Å²) in [4.78, 5) is 38.2. The molecule has 6 heteroatoms. The number of nitrogens with zero attached hydrogens (tertiary/aromatic N) is 1. The van der Waals surface area contributed by atoms with Crippen LogP contribution in [-0.4, -0.2) is 36.1 Å². The third-order valence-electron chi connectivity index (χ3n) is 4.48. The van der Waals surface area contributed by atoms with Crippen molar-refractivity contribution in [2.24, 2.45) is 0 Å². The zero-order valence-corrected chi connectivity index (χ0v) is 18.2. The van der Waals surface area contributed by atoms with E-state index in [1.54, 1.807) is 31.3 Å². The van der Waals surface area contributed by atoms with Crippen LogP contribution in [0.3, 0.4) is 0 Å². The molecule has 0 saturated carbocycles. The van der Waals surface area contributed by atoms with E-state index in [1.807, 2.05) is 32.9 Å². The molecule has 2 aromatic rings. The minimum Gasteiger partial charge on any atom is -0.336 e. The average molecular weight is 445 g/mol. The highest BCUT2D eigenvalue weighted by Crippen LogP contribution is 2.21. The number of ketones is 1. The van der Waals surface area contributed by atoms with E-state index in [0.717, 1.165) is 26.9 Å². The molecular weight excluding hydrogens is 420 g/mol. The second-order valence-electron chi connectivity index (χ2n) is 7.00. The van der Waals surface area contributed by atoms with Crippen molar-refractivity contribution >= 4 is 39.2 Å². The van der Waals surface area contributed by atoms with Crippen LogP contribution in [0, 0.1) is 20.8 Å². The molecule has 0 unspecified atom stereocenters. The minimum atomic E-state index is -0.259. The lowest BCUT2D eigenvalue weighted by atomic mass is 10.1. The van der Waals surface area contributed by atoms with Crippen LogP contribution in [0.2, 0.25) is 0 Å². The van der Waals surface area contributed by atoms with Crippen LogP contribution < -0.4 is 5.32 Å². The van der Waals surface area contributed by atoms with Gasteiger partial charge in [0.1, 0.15) is 0 Å². The summed E-state index contributed by atoms with van der Waals surface area (Å²) in [6.45, 7) is 5.84. The van der Waals surface area contributed by atoms with Gasteiger partial charge in [0.05, 0.1) is 6.54 Å². The highest BCUT2D eigenvalue weighted by Gasteiger charge is 2.16. The fourth-order valence-electron chi connectivity index (χ4n) is 3.05. The summed E-state index contributed by atoms with van der Waals surface area (Å²) < 4.78 is 0.893. The predicted octanol–water partition coefficient (Wildman–Crippen LogP) is 4.43. The van der Waals surface area contributed by atoms with Crippen LogP contribution in [0.5, 0.6) is 0 Å². The molecule has 0 atom stereocenters. The fourth-order valence-corrected chi connectivity index (χ4v) is 3.32. The standard InChI is InChI=1S/C22H25BrN2O3/c1-14-11-15(2)22(16(3)12-14)24-20(27)13-25(4)21(28)10-9-19(26)17-5-7-18(23)8-6-17/h5-8,11-12H,9-10,13H2,1-4H3,(H,24,27). The van der Waals surface area contributed by atoms with Crippen LogP contribution in [-0.2, 0) is 9.59 Å². The second-order valence-corrected chi connectivity index (χ2v) is 7.92.